The topological polar surface area (TPSA) is 78.0 Å². The Labute approximate surface area is 142 Å². The first-order valence-electron chi connectivity index (χ1n) is 8.17. The van der Waals surface area contributed by atoms with Gasteiger partial charge in [-0.15, -0.1) is 0 Å². The number of carbonyl (C=O) groups excluding carboxylic acids is 1. The molecule has 0 saturated carbocycles. The fourth-order valence-corrected chi connectivity index (χ4v) is 4.35. The summed E-state index contributed by atoms with van der Waals surface area (Å²) >= 11 is 0. The zero-order chi connectivity index (χ0) is 17.7. The Morgan fingerprint density at radius 2 is 1.83 bits per heavy atom. The molecule has 1 aromatic rings. The van der Waals surface area contributed by atoms with Crippen molar-refractivity contribution in [1.29, 1.82) is 0 Å². The molecular formula is C16H25N2O5P. The van der Waals surface area contributed by atoms with Gasteiger partial charge in [-0.25, -0.2) is 4.98 Å². The molecule has 1 fully saturated rings. The van der Waals surface area contributed by atoms with E-state index in [0.717, 1.165) is 0 Å². The normalized spacial score (nSPS) is 15.6. The van der Waals surface area contributed by atoms with E-state index in [4.69, 9.17) is 13.8 Å². The molecular weight excluding hydrogens is 331 g/mol. The van der Waals surface area contributed by atoms with Crippen molar-refractivity contribution in [3.8, 4) is 0 Å². The van der Waals surface area contributed by atoms with E-state index in [1.165, 1.54) is 0 Å². The highest BCUT2D eigenvalue weighted by Crippen LogP contribution is 2.46. The molecule has 1 aliphatic rings. The van der Waals surface area contributed by atoms with E-state index in [9.17, 15) is 9.36 Å². The molecule has 8 heteroatoms. The average molecular weight is 356 g/mol. The predicted octanol–water partition coefficient (Wildman–Crippen LogP) is 2.06. The third-order valence-corrected chi connectivity index (χ3v) is 5.76. The first kappa shape index (κ1) is 19.1. The van der Waals surface area contributed by atoms with Crippen LogP contribution >= 0.6 is 7.60 Å². The van der Waals surface area contributed by atoms with Crippen LogP contribution in [-0.2, 0) is 18.3 Å². The predicted molar refractivity (Wildman–Crippen MR) is 90.9 cm³/mol. The van der Waals surface area contributed by atoms with Crippen molar-refractivity contribution in [3.63, 3.8) is 0 Å². The Balaban J connectivity index is 2.37. The zero-order valence-electron chi connectivity index (χ0n) is 14.7. The molecule has 0 unspecified atom stereocenters. The summed E-state index contributed by atoms with van der Waals surface area (Å²) < 4.78 is 28.9. The maximum atomic E-state index is 12.9. The quantitative estimate of drug-likeness (QED) is 0.726. The van der Waals surface area contributed by atoms with Crippen LogP contribution in [0.5, 0.6) is 0 Å². The first-order valence-corrected chi connectivity index (χ1v) is 9.72. The van der Waals surface area contributed by atoms with Crippen LogP contribution in [0, 0.1) is 13.8 Å². The third-order valence-electron chi connectivity index (χ3n) is 3.77. The molecule has 0 N–H and O–H groups in total. The monoisotopic (exact) mass is 356 g/mol. The number of ether oxygens (including phenoxy) is 1. The molecule has 1 amide bonds. The van der Waals surface area contributed by atoms with Crippen LogP contribution in [0.3, 0.4) is 0 Å². The van der Waals surface area contributed by atoms with E-state index in [-0.39, 0.29) is 24.6 Å². The Hall–Kier alpha value is -1.27. The lowest BCUT2D eigenvalue weighted by atomic mass is 10.1. The maximum Gasteiger partial charge on any atom is 0.379 e. The number of rotatable bonds is 6. The number of pyridine rings is 1. The molecule has 0 bridgehead atoms. The van der Waals surface area contributed by atoms with E-state index in [2.05, 4.69) is 4.98 Å². The molecule has 24 heavy (non-hydrogen) atoms. The van der Waals surface area contributed by atoms with E-state index in [0.29, 0.717) is 43.1 Å². The first-order chi connectivity index (χ1) is 11.4. The van der Waals surface area contributed by atoms with Crippen molar-refractivity contribution < 1.29 is 23.1 Å². The maximum absolute atomic E-state index is 12.9. The highest BCUT2D eigenvalue weighted by molar-refractivity contribution is 7.61. The Morgan fingerprint density at radius 1 is 1.25 bits per heavy atom. The van der Waals surface area contributed by atoms with Gasteiger partial charge in [0.25, 0.3) is 5.91 Å². The highest BCUT2D eigenvalue weighted by Gasteiger charge is 2.31. The van der Waals surface area contributed by atoms with Crippen LogP contribution in [0.15, 0.2) is 6.07 Å². The lowest BCUT2D eigenvalue weighted by Crippen LogP contribution is -2.41. The van der Waals surface area contributed by atoms with Crippen LogP contribution in [0.1, 0.15) is 35.5 Å². The van der Waals surface area contributed by atoms with E-state index in [1.807, 2.05) is 6.92 Å². The molecule has 2 heterocycles. The minimum atomic E-state index is -3.46. The summed E-state index contributed by atoms with van der Waals surface area (Å²) in [4.78, 5) is 18.9. The SMILES string of the molecule is CCOP(=O)(OCC)c1cc(C)c(C(=O)N2CCOCC2)c(C)n1. The van der Waals surface area contributed by atoms with Crippen LogP contribution < -0.4 is 5.44 Å². The summed E-state index contributed by atoms with van der Waals surface area (Å²) in [5.74, 6) is -0.0741. The number of carbonyl (C=O) groups is 1. The zero-order valence-corrected chi connectivity index (χ0v) is 15.6. The summed E-state index contributed by atoms with van der Waals surface area (Å²) in [5.41, 5.74) is 2.04. The molecule has 1 aromatic heterocycles. The number of hydrogen-bond acceptors (Lipinski definition) is 6. The van der Waals surface area contributed by atoms with Gasteiger partial charge in [0.15, 0.2) is 5.44 Å². The molecule has 0 aromatic carbocycles. The van der Waals surface area contributed by atoms with Crippen molar-refractivity contribution in [2.75, 3.05) is 39.5 Å². The molecule has 0 radical (unpaired) electrons. The van der Waals surface area contributed by atoms with Crippen molar-refractivity contribution in [2.45, 2.75) is 27.7 Å². The van der Waals surface area contributed by atoms with Crippen molar-refractivity contribution in [2.24, 2.45) is 0 Å². The number of aryl methyl sites for hydroxylation is 2. The van der Waals surface area contributed by atoms with Crippen LogP contribution in [0.25, 0.3) is 0 Å². The number of amides is 1. The van der Waals surface area contributed by atoms with Gasteiger partial charge < -0.3 is 18.7 Å². The summed E-state index contributed by atoms with van der Waals surface area (Å²) in [6, 6.07) is 1.63. The summed E-state index contributed by atoms with van der Waals surface area (Å²) in [5, 5.41) is 0. The van der Waals surface area contributed by atoms with Gasteiger partial charge in [0.05, 0.1) is 37.7 Å². The Bertz CT molecular complexity index is 610. The van der Waals surface area contributed by atoms with Gasteiger partial charge in [-0.2, -0.15) is 0 Å². The summed E-state index contributed by atoms with van der Waals surface area (Å²) in [7, 11) is -3.46. The molecule has 0 atom stereocenters. The minimum Gasteiger partial charge on any atom is -0.378 e. The smallest absolute Gasteiger partial charge is 0.378 e. The number of nitrogens with zero attached hydrogens (tertiary/aromatic N) is 2. The van der Waals surface area contributed by atoms with Crippen molar-refractivity contribution in [1.82, 2.24) is 9.88 Å². The van der Waals surface area contributed by atoms with E-state index < -0.39 is 7.60 Å². The molecule has 7 nitrogen and oxygen atoms in total. The lowest BCUT2D eigenvalue weighted by Gasteiger charge is -2.28. The minimum absolute atomic E-state index is 0.0741. The molecule has 0 spiro atoms. The van der Waals surface area contributed by atoms with Gasteiger partial charge in [-0.05, 0) is 39.3 Å². The Kier molecular flexibility index (Phi) is 6.52. The fraction of sp³-hybridized carbons (Fsp3) is 0.625. The largest absolute Gasteiger partial charge is 0.379 e. The average Bonchev–Trinajstić information content (AvgIpc) is 2.55. The molecule has 2 rings (SSSR count). The van der Waals surface area contributed by atoms with Crippen LogP contribution in [-0.4, -0.2) is 55.3 Å². The lowest BCUT2D eigenvalue weighted by molar-refractivity contribution is 0.0301. The number of aromatic nitrogens is 1. The molecule has 1 aliphatic heterocycles. The molecule has 0 aliphatic carbocycles. The second-order valence-corrected chi connectivity index (χ2v) is 7.46. The number of morpholine rings is 1. The highest BCUT2D eigenvalue weighted by atomic mass is 31.2. The van der Waals surface area contributed by atoms with Gasteiger partial charge in [-0.3, -0.25) is 9.36 Å². The van der Waals surface area contributed by atoms with Crippen molar-refractivity contribution >= 4 is 18.9 Å². The standard InChI is InChI=1S/C16H25N2O5P/c1-5-22-24(20,23-6-2)14-11-12(3)15(13(4)17-14)16(19)18-7-9-21-10-8-18/h11H,5-10H2,1-4H3. The third kappa shape index (κ3) is 4.03. The molecule has 1 saturated heterocycles. The fourth-order valence-electron chi connectivity index (χ4n) is 2.71. The second-order valence-electron chi connectivity index (χ2n) is 5.50. The van der Waals surface area contributed by atoms with Gasteiger partial charge in [0.2, 0.25) is 0 Å². The van der Waals surface area contributed by atoms with E-state index in [1.54, 1.807) is 31.7 Å². The van der Waals surface area contributed by atoms with Gasteiger partial charge in [0, 0.05) is 13.1 Å². The van der Waals surface area contributed by atoms with E-state index >= 15 is 0 Å². The second kappa shape index (κ2) is 8.21. The van der Waals surface area contributed by atoms with Gasteiger partial charge >= 0.3 is 7.60 Å². The molecule has 134 valence electrons. The summed E-state index contributed by atoms with van der Waals surface area (Å²) in [6.45, 7) is 9.78. The van der Waals surface area contributed by atoms with Gasteiger partial charge in [-0.1, -0.05) is 0 Å². The number of hydrogen-bond donors (Lipinski definition) is 0. The summed E-state index contributed by atoms with van der Waals surface area (Å²) in [6.07, 6.45) is 0. The van der Waals surface area contributed by atoms with Crippen LogP contribution in [0.4, 0.5) is 0 Å². The van der Waals surface area contributed by atoms with Crippen LogP contribution in [0.2, 0.25) is 0 Å². The van der Waals surface area contributed by atoms with Crippen molar-refractivity contribution in [3.05, 3.63) is 22.9 Å². The van der Waals surface area contributed by atoms with Gasteiger partial charge in [0.1, 0.15) is 0 Å². The Morgan fingerprint density at radius 3 is 2.33 bits per heavy atom.